The molecule has 0 fully saturated rings. The Morgan fingerprint density at radius 1 is 1.40 bits per heavy atom. The Morgan fingerprint density at radius 3 is 2.60 bits per heavy atom. The number of aromatic carboxylic acids is 1. The van der Waals surface area contributed by atoms with E-state index in [1.165, 1.54) is 18.2 Å². The molecular formula is C14H20N2O4. The first-order chi connectivity index (χ1) is 9.35. The number of hydrogen-bond donors (Lipinski definition) is 3. The molecular weight excluding hydrogens is 260 g/mol. The van der Waals surface area contributed by atoms with Gasteiger partial charge in [0.15, 0.2) is 6.10 Å². The molecule has 0 bridgehead atoms. The Bertz CT molecular complexity index is 502. The number of carboxylic acids is 1. The quantitative estimate of drug-likeness (QED) is 0.688. The van der Waals surface area contributed by atoms with Gasteiger partial charge in [-0.15, -0.1) is 0 Å². The lowest BCUT2D eigenvalue weighted by Crippen LogP contribution is -2.41. The normalized spacial score (nSPS) is 13.3. The van der Waals surface area contributed by atoms with Crippen molar-refractivity contribution in [3.8, 4) is 5.75 Å². The fourth-order valence-corrected chi connectivity index (χ4v) is 1.48. The van der Waals surface area contributed by atoms with Crippen molar-refractivity contribution in [3.05, 3.63) is 23.8 Å². The summed E-state index contributed by atoms with van der Waals surface area (Å²) in [7, 11) is 0. The molecule has 6 nitrogen and oxygen atoms in total. The van der Waals surface area contributed by atoms with E-state index in [4.69, 9.17) is 15.6 Å². The Hall–Kier alpha value is -2.24. The van der Waals surface area contributed by atoms with E-state index < -0.39 is 12.1 Å². The molecule has 0 aliphatic heterocycles. The van der Waals surface area contributed by atoms with Gasteiger partial charge in [-0.3, -0.25) is 4.79 Å². The van der Waals surface area contributed by atoms with Gasteiger partial charge < -0.3 is 20.9 Å². The number of nitrogens with two attached hydrogens (primary N) is 1. The lowest BCUT2D eigenvalue weighted by Gasteiger charge is -2.18. The van der Waals surface area contributed by atoms with E-state index in [0.717, 1.165) is 6.42 Å². The van der Waals surface area contributed by atoms with Crippen molar-refractivity contribution in [2.24, 2.45) is 0 Å². The summed E-state index contributed by atoms with van der Waals surface area (Å²) >= 11 is 0. The molecule has 0 spiro atoms. The monoisotopic (exact) mass is 280 g/mol. The number of hydrogen-bond acceptors (Lipinski definition) is 4. The van der Waals surface area contributed by atoms with E-state index >= 15 is 0 Å². The van der Waals surface area contributed by atoms with Crippen LogP contribution in [0.15, 0.2) is 18.2 Å². The second kappa shape index (κ2) is 6.79. The SMILES string of the molecule is CCC(C)NC(=O)C(C)Oc1cc(C(=O)O)ccc1N. The van der Waals surface area contributed by atoms with Gasteiger partial charge in [0, 0.05) is 6.04 Å². The molecule has 0 heterocycles. The minimum absolute atomic E-state index is 0.0521. The molecule has 1 amide bonds. The highest BCUT2D eigenvalue weighted by molar-refractivity contribution is 5.89. The molecule has 1 rings (SSSR count). The van der Waals surface area contributed by atoms with Gasteiger partial charge in [0.2, 0.25) is 0 Å². The van der Waals surface area contributed by atoms with Crippen LogP contribution in [0.3, 0.4) is 0 Å². The molecule has 1 aromatic carbocycles. The summed E-state index contributed by atoms with van der Waals surface area (Å²) in [6, 6.07) is 4.19. The molecule has 0 radical (unpaired) electrons. The first-order valence-corrected chi connectivity index (χ1v) is 6.45. The molecule has 110 valence electrons. The number of rotatable bonds is 6. The highest BCUT2D eigenvalue weighted by Crippen LogP contribution is 2.24. The van der Waals surface area contributed by atoms with Gasteiger partial charge in [-0.25, -0.2) is 4.79 Å². The molecule has 2 unspecified atom stereocenters. The molecule has 2 atom stereocenters. The van der Waals surface area contributed by atoms with Crippen molar-refractivity contribution in [2.75, 3.05) is 5.73 Å². The number of carbonyl (C=O) groups is 2. The Kier molecular flexibility index (Phi) is 5.37. The molecule has 4 N–H and O–H groups in total. The Balaban J connectivity index is 2.79. The van der Waals surface area contributed by atoms with Crippen LogP contribution in [0.25, 0.3) is 0 Å². The first-order valence-electron chi connectivity index (χ1n) is 6.45. The molecule has 0 aliphatic rings. The summed E-state index contributed by atoms with van der Waals surface area (Å²) < 4.78 is 5.44. The lowest BCUT2D eigenvalue weighted by molar-refractivity contribution is -0.127. The van der Waals surface area contributed by atoms with E-state index in [9.17, 15) is 9.59 Å². The Labute approximate surface area is 117 Å². The zero-order chi connectivity index (χ0) is 15.3. The minimum atomic E-state index is -1.08. The molecule has 0 saturated heterocycles. The van der Waals surface area contributed by atoms with Crippen LogP contribution in [0.5, 0.6) is 5.75 Å². The summed E-state index contributed by atoms with van der Waals surface area (Å²) in [6.45, 7) is 5.44. The largest absolute Gasteiger partial charge is 0.479 e. The van der Waals surface area contributed by atoms with Crippen LogP contribution in [0.4, 0.5) is 5.69 Å². The second-order valence-corrected chi connectivity index (χ2v) is 4.64. The highest BCUT2D eigenvalue weighted by atomic mass is 16.5. The van der Waals surface area contributed by atoms with Crippen LogP contribution < -0.4 is 15.8 Å². The highest BCUT2D eigenvalue weighted by Gasteiger charge is 2.18. The summed E-state index contributed by atoms with van der Waals surface area (Å²) in [5.41, 5.74) is 6.06. The van der Waals surface area contributed by atoms with Crippen LogP contribution in [0, 0.1) is 0 Å². The number of anilines is 1. The molecule has 0 aromatic heterocycles. The smallest absolute Gasteiger partial charge is 0.335 e. The maximum absolute atomic E-state index is 11.9. The van der Waals surface area contributed by atoms with Gasteiger partial charge in [-0.05, 0) is 38.5 Å². The zero-order valence-corrected chi connectivity index (χ0v) is 11.8. The van der Waals surface area contributed by atoms with Crippen molar-refractivity contribution in [1.82, 2.24) is 5.32 Å². The topological polar surface area (TPSA) is 102 Å². The van der Waals surface area contributed by atoms with Gasteiger partial charge in [0.05, 0.1) is 11.3 Å². The number of nitrogens with one attached hydrogen (secondary N) is 1. The van der Waals surface area contributed by atoms with E-state index in [1.54, 1.807) is 6.92 Å². The fraction of sp³-hybridized carbons (Fsp3) is 0.429. The van der Waals surface area contributed by atoms with Gasteiger partial charge in [0.1, 0.15) is 5.75 Å². The third kappa shape index (κ3) is 4.15. The zero-order valence-electron chi connectivity index (χ0n) is 11.8. The van der Waals surface area contributed by atoms with Crippen molar-refractivity contribution < 1.29 is 19.4 Å². The summed E-state index contributed by atoms with van der Waals surface area (Å²) in [6.07, 6.45) is 0.0603. The van der Waals surface area contributed by atoms with Crippen molar-refractivity contribution >= 4 is 17.6 Å². The fourth-order valence-electron chi connectivity index (χ4n) is 1.48. The lowest BCUT2D eigenvalue weighted by atomic mass is 10.2. The number of benzene rings is 1. The average molecular weight is 280 g/mol. The van der Waals surface area contributed by atoms with Crippen LogP contribution in [-0.2, 0) is 4.79 Å². The molecule has 20 heavy (non-hydrogen) atoms. The standard InChI is InChI=1S/C14H20N2O4/c1-4-8(2)16-13(17)9(3)20-12-7-10(14(18)19)5-6-11(12)15/h5-9H,4,15H2,1-3H3,(H,16,17)(H,18,19). The van der Waals surface area contributed by atoms with Gasteiger partial charge in [-0.1, -0.05) is 6.92 Å². The predicted octanol–water partition coefficient (Wildman–Crippen LogP) is 1.65. The number of amides is 1. The molecule has 0 saturated carbocycles. The van der Waals surface area contributed by atoms with Crippen molar-refractivity contribution in [1.29, 1.82) is 0 Å². The first kappa shape index (κ1) is 15.8. The number of ether oxygens (including phenoxy) is 1. The Morgan fingerprint density at radius 2 is 2.05 bits per heavy atom. The minimum Gasteiger partial charge on any atom is -0.479 e. The summed E-state index contributed by atoms with van der Waals surface area (Å²) in [5.74, 6) is -1.15. The molecule has 0 aliphatic carbocycles. The van der Waals surface area contributed by atoms with E-state index in [-0.39, 0.29) is 28.9 Å². The van der Waals surface area contributed by atoms with Crippen molar-refractivity contribution in [3.63, 3.8) is 0 Å². The average Bonchev–Trinajstić information content (AvgIpc) is 2.40. The van der Waals surface area contributed by atoms with E-state index in [2.05, 4.69) is 5.32 Å². The van der Waals surface area contributed by atoms with Crippen LogP contribution in [0.1, 0.15) is 37.6 Å². The van der Waals surface area contributed by atoms with Crippen molar-refractivity contribution in [2.45, 2.75) is 39.3 Å². The second-order valence-electron chi connectivity index (χ2n) is 4.64. The van der Waals surface area contributed by atoms with E-state index in [0.29, 0.717) is 0 Å². The van der Waals surface area contributed by atoms with E-state index in [1.807, 2.05) is 13.8 Å². The summed E-state index contributed by atoms with van der Waals surface area (Å²) in [4.78, 5) is 22.7. The van der Waals surface area contributed by atoms with Crippen LogP contribution in [-0.4, -0.2) is 29.1 Å². The number of nitrogen functional groups attached to an aromatic ring is 1. The van der Waals surface area contributed by atoms with Gasteiger partial charge >= 0.3 is 5.97 Å². The maximum atomic E-state index is 11.9. The third-order valence-corrected chi connectivity index (χ3v) is 2.93. The third-order valence-electron chi connectivity index (χ3n) is 2.93. The molecule has 6 heteroatoms. The maximum Gasteiger partial charge on any atom is 0.335 e. The molecule has 1 aromatic rings. The predicted molar refractivity (Wildman–Crippen MR) is 75.8 cm³/mol. The summed E-state index contributed by atoms with van der Waals surface area (Å²) in [5, 5.41) is 11.7. The van der Waals surface area contributed by atoms with Gasteiger partial charge in [-0.2, -0.15) is 0 Å². The number of carbonyl (C=O) groups excluding carboxylic acids is 1. The van der Waals surface area contributed by atoms with Crippen LogP contribution in [0.2, 0.25) is 0 Å². The van der Waals surface area contributed by atoms with Gasteiger partial charge in [0.25, 0.3) is 5.91 Å². The van der Waals surface area contributed by atoms with Crippen LogP contribution >= 0.6 is 0 Å². The number of carboxylic acid groups (broad SMARTS) is 1.